The number of carbonyl (C=O) groups excluding carboxylic acids is 1. The Kier molecular flexibility index (Phi) is 4.76. The van der Waals surface area contributed by atoms with Crippen molar-refractivity contribution in [1.29, 1.82) is 0 Å². The van der Waals surface area contributed by atoms with E-state index in [0.717, 1.165) is 30.4 Å². The van der Waals surface area contributed by atoms with Gasteiger partial charge >= 0.3 is 6.03 Å². The fraction of sp³-hybridized carbons (Fsp3) is 0.333. The number of benzene rings is 1. The number of nitrogens with one attached hydrogen (secondary N) is 2. The fourth-order valence-corrected chi connectivity index (χ4v) is 2.87. The normalized spacial score (nSPS) is 17.6. The zero-order valence-corrected chi connectivity index (χ0v) is 13.3. The molecule has 0 spiro atoms. The van der Waals surface area contributed by atoms with Gasteiger partial charge in [-0.25, -0.2) is 9.78 Å². The molecule has 120 valence electrons. The lowest BCUT2D eigenvalue weighted by atomic mass is 10.00. The van der Waals surface area contributed by atoms with Crippen LogP contribution in [-0.2, 0) is 0 Å². The zero-order chi connectivity index (χ0) is 16.1. The Morgan fingerprint density at radius 2 is 2.00 bits per heavy atom. The van der Waals surface area contributed by atoms with Gasteiger partial charge in [0.2, 0.25) is 0 Å². The monoisotopic (exact) mass is 310 g/mol. The molecule has 2 N–H and O–H groups in total. The minimum absolute atomic E-state index is 0.289. The maximum Gasteiger partial charge on any atom is 0.324 e. The lowest BCUT2D eigenvalue weighted by Crippen LogP contribution is -2.34. The Balaban J connectivity index is 1.58. The van der Waals surface area contributed by atoms with E-state index in [1.807, 2.05) is 48.7 Å². The first-order valence-electron chi connectivity index (χ1n) is 8.05. The molecule has 1 atom stereocenters. The molecule has 2 aromatic rings. The maximum atomic E-state index is 11.9. The molecule has 0 radical (unpaired) electrons. The van der Waals surface area contributed by atoms with Gasteiger partial charge in [-0.05, 0) is 43.0 Å². The van der Waals surface area contributed by atoms with Gasteiger partial charge in [-0.1, -0.05) is 25.1 Å². The predicted octanol–water partition coefficient (Wildman–Crippen LogP) is 3.96. The van der Waals surface area contributed by atoms with Crippen LogP contribution in [0.5, 0.6) is 0 Å². The van der Waals surface area contributed by atoms with E-state index in [4.69, 9.17) is 0 Å². The average molecular weight is 310 g/mol. The Bertz CT molecular complexity index is 642. The number of rotatable bonds is 3. The summed E-state index contributed by atoms with van der Waals surface area (Å²) in [4.78, 5) is 18.6. The second-order valence-electron chi connectivity index (χ2n) is 6.04. The van der Waals surface area contributed by atoms with Gasteiger partial charge in [0.25, 0.3) is 0 Å². The lowest BCUT2D eigenvalue weighted by Gasteiger charge is -2.32. The van der Waals surface area contributed by atoms with E-state index in [9.17, 15) is 4.79 Å². The molecule has 23 heavy (non-hydrogen) atoms. The molecule has 1 unspecified atom stereocenters. The number of hydrogen-bond acceptors (Lipinski definition) is 3. The first-order chi connectivity index (χ1) is 11.2. The number of aromatic nitrogens is 1. The highest BCUT2D eigenvalue weighted by atomic mass is 16.2. The third-order valence-corrected chi connectivity index (χ3v) is 4.04. The summed E-state index contributed by atoms with van der Waals surface area (Å²) in [6.45, 7) is 4.43. The van der Waals surface area contributed by atoms with Gasteiger partial charge in [-0.3, -0.25) is 5.32 Å². The summed E-state index contributed by atoms with van der Waals surface area (Å²) < 4.78 is 0. The highest BCUT2D eigenvalue weighted by Gasteiger charge is 2.16. The van der Waals surface area contributed by atoms with E-state index in [1.54, 1.807) is 0 Å². The van der Waals surface area contributed by atoms with Gasteiger partial charge in [-0.15, -0.1) is 0 Å². The smallest absolute Gasteiger partial charge is 0.324 e. The molecule has 2 heterocycles. The number of anilines is 3. The van der Waals surface area contributed by atoms with Crippen LogP contribution in [-0.4, -0.2) is 24.1 Å². The lowest BCUT2D eigenvalue weighted by molar-refractivity contribution is 0.262. The Morgan fingerprint density at radius 1 is 1.17 bits per heavy atom. The van der Waals surface area contributed by atoms with Crippen molar-refractivity contribution in [3.05, 3.63) is 48.7 Å². The summed E-state index contributed by atoms with van der Waals surface area (Å²) in [5.41, 5.74) is 1.87. The van der Waals surface area contributed by atoms with E-state index < -0.39 is 0 Å². The SMILES string of the molecule is CC1CCCN(c2ccc(NC(=O)Nc3ccccc3)nc2)C1. The first kappa shape index (κ1) is 15.3. The topological polar surface area (TPSA) is 57.3 Å². The molecule has 2 amide bonds. The standard InChI is InChI=1S/C18H22N4O/c1-14-6-5-11-22(13-14)16-9-10-17(19-12-16)21-18(23)20-15-7-3-2-4-8-15/h2-4,7-10,12,14H,5-6,11,13H2,1H3,(H2,19,20,21,23). The van der Waals surface area contributed by atoms with Crippen molar-refractivity contribution >= 4 is 23.2 Å². The highest BCUT2D eigenvalue weighted by molar-refractivity contribution is 5.99. The van der Waals surface area contributed by atoms with Crippen molar-refractivity contribution in [2.45, 2.75) is 19.8 Å². The fourth-order valence-electron chi connectivity index (χ4n) is 2.87. The van der Waals surface area contributed by atoms with Crippen LogP contribution in [0.2, 0.25) is 0 Å². The average Bonchev–Trinajstić information content (AvgIpc) is 2.56. The van der Waals surface area contributed by atoms with Crippen molar-refractivity contribution in [3.8, 4) is 0 Å². The third-order valence-electron chi connectivity index (χ3n) is 4.04. The first-order valence-corrected chi connectivity index (χ1v) is 8.05. The van der Waals surface area contributed by atoms with E-state index in [2.05, 4.69) is 27.4 Å². The second kappa shape index (κ2) is 7.13. The minimum Gasteiger partial charge on any atom is -0.370 e. The molecule has 1 fully saturated rings. The van der Waals surface area contributed by atoms with Gasteiger partial charge < -0.3 is 10.2 Å². The van der Waals surface area contributed by atoms with E-state index >= 15 is 0 Å². The van der Waals surface area contributed by atoms with E-state index in [1.165, 1.54) is 12.8 Å². The van der Waals surface area contributed by atoms with Crippen molar-refractivity contribution in [2.24, 2.45) is 5.92 Å². The molecule has 0 aliphatic carbocycles. The molecule has 1 aromatic carbocycles. The Morgan fingerprint density at radius 3 is 2.70 bits per heavy atom. The molecule has 3 rings (SSSR count). The van der Waals surface area contributed by atoms with Gasteiger partial charge in [0.1, 0.15) is 5.82 Å². The molecule has 0 saturated carbocycles. The summed E-state index contributed by atoms with van der Waals surface area (Å²) in [7, 11) is 0. The van der Waals surface area contributed by atoms with Crippen LogP contribution >= 0.6 is 0 Å². The van der Waals surface area contributed by atoms with Crippen molar-refractivity contribution in [1.82, 2.24) is 4.98 Å². The van der Waals surface area contributed by atoms with Crippen molar-refractivity contribution in [2.75, 3.05) is 28.6 Å². The van der Waals surface area contributed by atoms with Crippen molar-refractivity contribution in [3.63, 3.8) is 0 Å². The van der Waals surface area contributed by atoms with Crippen LogP contribution in [0.3, 0.4) is 0 Å². The second-order valence-corrected chi connectivity index (χ2v) is 6.04. The summed E-state index contributed by atoms with van der Waals surface area (Å²) in [5.74, 6) is 1.27. The number of carbonyl (C=O) groups is 1. The number of pyridine rings is 1. The molecular weight excluding hydrogens is 288 g/mol. The number of amides is 2. The number of piperidine rings is 1. The van der Waals surface area contributed by atoms with Crippen molar-refractivity contribution < 1.29 is 4.79 Å². The molecule has 1 aliphatic heterocycles. The van der Waals surface area contributed by atoms with Gasteiger partial charge in [0, 0.05) is 18.8 Å². The summed E-state index contributed by atoms with van der Waals surface area (Å²) >= 11 is 0. The quantitative estimate of drug-likeness (QED) is 0.902. The maximum absolute atomic E-state index is 11.9. The molecule has 5 nitrogen and oxygen atoms in total. The highest BCUT2D eigenvalue weighted by Crippen LogP contribution is 2.23. The van der Waals surface area contributed by atoms with E-state index in [-0.39, 0.29) is 6.03 Å². The van der Waals surface area contributed by atoms with Crippen LogP contribution in [0, 0.1) is 5.92 Å². The van der Waals surface area contributed by atoms with Crippen LogP contribution < -0.4 is 15.5 Å². The minimum atomic E-state index is -0.289. The largest absolute Gasteiger partial charge is 0.370 e. The van der Waals surface area contributed by atoms with Crippen LogP contribution in [0.15, 0.2) is 48.7 Å². The Labute approximate surface area is 136 Å². The summed E-state index contributed by atoms with van der Waals surface area (Å²) in [6.07, 6.45) is 4.35. The number of para-hydroxylation sites is 1. The number of urea groups is 1. The van der Waals surface area contributed by atoms with Crippen LogP contribution in [0.1, 0.15) is 19.8 Å². The third kappa shape index (κ3) is 4.22. The van der Waals surface area contributed by atoms with Crippen LogP contribution in [0.4, 0.5) is 22.0 Å². The van der Waals surface area contributed by atoms with E-state index in [0.29, 0.717) is 5.82 Å². The summed E-state index contributed by atoms with van der Waals surface area (Å²) in [5, 5.41) is 5.52. The Hall–Kier alpha value is -2.56. The van der Waals surface area contributed by atoms with Crippen LogP contribution in [0.25, 0.3) is 0 Å². The molecule has 0 bridgehead atoms. The van der Waals surface area contributed by atoms with Gasteiger partial charge in [0.05, 0.1) is 11.9 Å². The molecule has 1 aromatic heterocycles. The van der Waals surface area contributed by atoms with Gasteiger partial charge in [-0.2, -0.15) is 0 Å². The zero-order valence-electron chi connectivity index (χ0n) is 13.3. The molecule has 1 aliphatic rings. The number of nitrogens with zero attached hydrogens (tertiary/aromatic N) is 2. The molecular formula is C18H22N4O. The summed E-state index contributed by atoms with van der Waals surface area (Å²) in [6, 6.07) is 12.9. The predicted molar refractivity (Wildman–Crippen MR) is 93.9 cm³/mol. The number of hydrogen-bond donors (Lipinski definition) is 2. The van der Waals surface area contributed by atoms with Gasteiger partial charge in [0.15, 0.2) is 0 Å². The molecule has 1 saturated heterocycles. The molecule has 5 heteroatoms.